The number of hydrogen-bond acceptors (Lipinski definition) is 4. The predicted molar refractivity (Wildman–Crippen MR) is 68.5 cm³/mol. The summed E-state index contributed by atoms with van der Waals surface area (Å²) in [6, 6.07) is 10.0. The van der Waals surface area contributed by atoms with Gasteiger partial charge in [-0.2, -0.15) is 0 Å². The van der Waals surface area contributed by atoms with Crippen molar-refractivity contribution in [2.75, 3.05) is 13.2 Å². The molecule has 2 aromatic rings. The summed E-state index contributed by atoms with van der Waals surface area (Å²) in [5.41, 5.74) is 7.61. The van der Waals surface area contributed by atoms with Crippen LogP contribution in [0.3, 0.4) is 0 Å². The minimum atomic E-state index is 0.473. The fourth-order valence-corrected chi connectivity index (χ4v) is 2.07. The monoisotopic (exact) mass is 244 g/mol. The molecular formula is C14H16N2O2. The maximum Gasteiger partial charge on any atom is 0.258 e. The first-order valence-corrected chi connectivity index (χ1v) is 6.28. The number of hydrogen-bond donors (Lipinski definition) is 1. The van der Waals surface area contributed by atoms with E-state index in [9.17, 15) is 0 Å². The van der Waals surface area contributed by atoms with E-state index in [1.54, 1.807) is 0 Å². The molecule has 0 amide bonds. The molecule has 0 unspecified atom stereocenters. The van der Waals surface area contributed by atoms with Gasteiger partial charge < -0.3 is 15.0 Å². The average Bonchev–Trinajstić information content (AvgIpc) is 3.17. The van der Waals surface area contributed by atoms with Gasteiger partial charge in [-0.15, -0.1) is 0 Å². The summed E-state index contributed by atoms with van der Waals surface area (Å²) in [7, 11) is 0. The highest BCUT2D eigenvalue weighted by atomic mass is 16.5. The normalized spacial score (nSPS) is 14.7. The molecule has 1 aliphatic rings. The van der Waals surface area contributed by atoms with Crippen molar-refractivity contribution in [2.45, 2.75) is 18.8 Å². The van der Waals surface area contributed by atoms with Crippen LogP contribution in [-0.4, -0.2) is 18.3 Å². The smallest absolute Gasteiger partial charge is 0.258 e. The Morgan fingerprint density at radius 3 is 2.72 bits per heavy atom. The van der Waals surface area contributed by atoms with Gasteiger partial charge in [0, 0.05) is 12.1 Å². The van der Waals surface area contributed by atoms with Crippen LogP contribution in [0.5, 0.6) is 5.88 Å². The summed E-state index contributed by atoms with van der Waals surface area (Å²) in [5.74, 6) is 1.98. The van der Waals surface area contributed by atoms with Crippen LogP contribution in [0, 0.1) is 0 Å². The van der Waals surface area contributed by atoms with Gasteiger partial charge in [-0.1, -0.05) is 30.3 Å². The van der Waals surface area contributed by atoms with E-state index in [1.165, 1.54) is 12.8 Å². The van der Waals surface area contributed by atoms with Crippen LogP contribution in [0.1, 0.15) is 24.3 Å². The van der Waals surface area contributed by atoms with E-state index in [2.05, 4.69) is 5.16 Å². The topological polar surface area (TPSA) is 61.3 Å². The first-order valence-electron chi connectivity index (χ1n) is 6.28. The van der Waals surface area contributed by atoms with E-state index in [4.69, 9.17) is 15.0 Å². The largest absolute Gasteiger partial charge is 0.474 e. The standard InChI is InChI=1S/C14H16N2O2/c15-8-9-17-14-12(10-6-7-10)13(18-16-14)11-4-2-1-3-5-11/h1-5,10H,6-9,15H2. The van der Waals surface area contributed by atoms with Crippen LogP contribution in [0.4, 0.5) is 0 Å². The molecule has 1 heterocycles. The Labute approximate surface area is 106 Å². The molecule has 1 aromatic heterocycles. The Morgan fingerprint density at radius 1 is 1.28 bits per heavy atom. The molecule has 1 fully saturated rings. The van der Waals surface area contributed by atoms with Gasteiger partial charge in [-0.3, -0.25) is 0 Å². The third kappa shape index (κ3) is 2.11. The Balaban J connectivity index is 1.97. The highest BCUT2D eigenvalue weighted by Crippen LogP contribution is 2.48. The lowest BCUT2D eigenvalue weighted by Gasteiger charge is -2.03. The van der Waals surface area contributed by atoms with Crippen molar-refractivity contribution in [3.8, 4) is 17.2 Å². The molecule has 2 N–H and O–H groups in total. The molecule has 0 saturated heterocycles. The summed E-state index contributed by atoms with van der Waals surface area (Å²) in [6.45, 7) is 0.956. The van der Waals surface area contributed by atoms with Gasteiger partial charge in [0.05, 0.1) is 5.56 Å². The maximum absolute atomic E-state index is 5.56. The summed E-state index contributed by atoms with van der Waals surface area (Å²) in [5, 5.41) is 4.04. The third-order valence-corrected chi connectivity index (χ3v) is 3.07. The molecule has 0 radical (unpaired) electrons. The molecule has 0 atom stereocenters. The lowest BCUT2D eigenvalue weighted by atomic mass is 10.1. The second kappa shape index (κ2) is 4.82. The summed E-state index contributed by atoms with van der Waals surface area (Å²) >= 11 is 0. The van der Waals surface area contributed by atoms with Gasteiger partial charge in [0.25, 0.3) is 5.88 Å². The van der Waals surface area contributed by atoms with Crippen molar-refractivity contribution in [3.63, 3.8) is 0 Å². The maximum atomic E-state index is 5.56. The minimum Gasteiger partial charge on any atom is -0.474 e. The molecule has 3 rings (SSSR count). The Morgan fingerprint density at radius 2 is 2.06 bits per heavy atom. The quantitative estimate of drug-likeness (QED) is 0.878. The number of nitrogens with two attached hydrogens (primary N) is 1. The number of benzene rings is 1. The molecule has 1 aromatic carbocycles. The molecule has 0 bridgehead atoms. The number of ether oxygens (including phenoxy) is 1. The second-order valence-electron chi connectivity index (χ2n) is 4.51. The van der Waals surface area contributed by atoms with E-state index in [-0.39, 0.29) is 0 Å². The highest BCUT2D eigenvalue weighted by Gasteiger charge is 2.33. The van der Waals surface area contributed by atoms with Gasteiger partial charge >= 0.3 is 0 Å². The molecule has 1 aliphatic carbocycles. The summed E-state index contributed by atoms with van der Waals surface area (Å²) in [4.78, 5) is 0. The summed E-state index contributed by atoms with van der Waals surface area (Å²) in [6.07, 6.45) is 2.36. The van der Waals surface area contributed by atoms with Crippen LogP contribution in [0.2, 0.25) is 0 Å². The first-order chi connectivity index (χ1) is 8.90. The fourth-order valence-electron chi connectivity index (χ4n) is 2.07. The molecule has 18 heavy (non-hydrogen) atoms. The number of nitrogens with zero attached hydrogens (tertiary/aromatic N) is 1. The van der Waals surface area contributed by atoms with Crippen LogP contribution in [0.15, 0.2) is 34.9 Å². The number of rotatable bonds is 5. The van der Waals surface area contributed by atoms with Crippen molar-refractivity contribution in [2.24, 2.45) is 5.73 Å². The zero-order valence-corrected chi connectivity index (χ0v) is 10.1. The van der Waals surface area contributed by atoms with E-state index in [0.29, 0.717) is 24.9 Å². The van der Waals surface area contributed by atoms with Gasteiger partial charge in [0.1, 0.15) is 6.61 Å². The minimum absolute atomic E-state index is 0.473. The first kappa shape index (κ1) is 11.3. The second-order valence-corrected chi connectivity index (χ2v) is 4.51. The van der Waals surface area contributed by atoms with Crippen molar-refractivity contribution in [3.05, 3.63) is 35.9 Å². The van der Waals surface area contributed by atoms with Crippen LogP contribution < -0.4 is 10.5 Å². The van der Waals surface area contributed by atoms with Crippen LogP contribution >= 0.6 is 0 Å². The SMILES string of the molecule is NCCOc1noc(-c2ccccc2)c1C1CC1. The van der Waals surface area contributed by atoms with E-state index in [0.717, 1.165) is 16.9 Å². The van der Waals surface area contributed by atoms with Crippen LogP contribution in [-0.2, 0) is 0 Å². The molecule has 4 heteroatoms. The number of aromatic nitrogens is 1. The van der Waals surface area contributed by atoms with Crippen LogP contribution in [0.25, 0.3) is 11.3 Å². The zero-order chi connectivity index (χ0) is 12.4. The van der Waals surface area contributed by atoms with Crippen molar-refractivity contribution in [1.82, 2.24) is 5.16 Å². The van der Waals surface area contributed by atoms with Gasteiger partial charge in [0.2, 0.25) is 0 Å². The van der Waals surface area contributed by atoms with Crippen molar-refractivity contribution < 1.29 is 9.26 Å². The summed E-state index contributed by atoms with van der Waals surface area (Å²) < 4.78 is 11.0. The predicted octanol–water partition coefficient (Wildman–Crippen LogP) is 2.56. The molecule has 94 valence electrons. The average molecular weight is 244 g/mol. The molecule has 1 saturated carbocycles. The molecule has 0 aliphatic heterocycles. The highest BCUT2D eigenvalue weighted by molar-refractivity contribution is 5.64. The molecule has 4 nitrogen and oxygen atoms in total. The van der Waals surface area contributed by atoms with Gasteiger partial charge in [-0.05, 0) is 23.9 Å². The Bertz CT molecular complexity index is 518. The lowest BCUT2D eigenvalue weighted by molar-refractivity contribution is 0.287. The molecular weight excluding hydrogens is 228 g/mol. The fraction of sp³-hybridized carbons (Fsp3) is 0.357. The van der Waals surface area contributed by atoms with E-state index >= 15 is 0 Å². The molecule has 0 spiro atoms. The van der Waals surface area contributed by atoms with E-state index < -0.39 is 0 Å². The zero-order valence-electron chi connectivity index (χ0n) is 10.1. The lowest BCUT2D eigenvalue weighted by Crippen LogP contribution is -2.11. The third-order valence-electron chi connectivity index (χ3n) is 3.07. The van der Waals surface area contributed by atoms with Crippen molar-refractivity contribution in [1.29, 1.82) is 0 Å². The van der Waals surface area contributed by atoms with Gasteiger partial charge in [-0.25, -0.2) is 0 Å². The van der Waals surface area contributed by atoms with Gasteiger partial charge in [0.15, 0.2) is 5.76 Å². The Kier molecular flexibility index (Phi) is 3.02. The Hall–Kier alpha value is -1.81. The van der Waals surface area contributed by atoms with Crippen molar-refractivity contribution >= 4 is 0 Å². The van der Waals surface area contributed by atoms with E-state index in [1.807, 2.05) is 30.3 Å².